The number of carbonyl (C=O) groups is 1. The molecule has 1 heterocycles. The van der Waals surface area contributed by atoms with E-state index in [9.17, 15) is 9.90 Å². The van der Waals surface area contributed by atoms with Gasteiger partial charge in [-0.1, -0.05) is 17.7 Å². The number of hydrogen-bond donors (Lipinski definition) is 2. The average molecular weight is 318 g/mol. The Labute approximate surface area is 133 Å². The molecule has 1 aliphatic heterocycles. The van der Waals surface area contributed by atoms with Crippen molar-refractivity contribution in [2.75, 3.05) is 11.9 Å². The molecular formula is C17H16ClNO3. The summed E-state index contributed by atoms with van der Waals surface area (Å²) in [6, 6.07) is 10.5. The van der Waals surface area contributed by atoms with Crippen LogP contribution in [0.4, 0.5) is 5.69 Å². The van der Waals surface area contributed by atoms with Crippen molar-refractivity contribution in [1.29, 1.82) is 0 Å². The van der Waals surface area contributed by atoms with Crippen LogP contribution in [0.2, 0.25) is 5.02 Å². The van der Waals surface area contributed by atoms with Crippen molar-refractivity contribution in [3.05, 3.63) is 52.5 Å². The fraction of sp³-hybridized carbons (Fsp3) is 0.235. The highest BCUT2D eigenvalue weighted by Gasteiger charge is 2.26. The molecule has 0 unspecified atom stereocenters. The maximum atomic E-state index is 12.4. The second-order valence-corrected chi connectivity index (χ2v) is 5.91. The van der Waals surface area contributed by atoms with Crippen LogP contribution in [0.5, 0.6) is 11.5 Å². The van der Waals surface area contributed by atoms with Crippen LogP contribution in [0.15, 0.2) is 36.4 Å². The Balaban J connectivity index is 1.74. The molecular weight excluding hydrogens is 302 g/mol. The Hall–Kier alpha value is -2.20. The zero-order valence-corrected chi connectivity index (χ0v) is 12.9. The Kier molecular flexibility index (Phi) is 3.94. The predicted molar refractivity (Wildman–Crippen MR) is 85.6 cm³/mol. The van der Waals surface area contributed by atoms with Gasteiger partial charge in [0.1, 0.15) is 18.1 Å². The number of aryl methyl sites for hydroxylation is 1. The number of aromatic hydroxyl groups is 1. The minimum atomic E-state index is -0.313. The second-order valence-electron chi connectivity index (χ2n) is 5.47. The molecule has 0 aliphatic carbocycles. The number of benzene rings is 2. The summed E-state index contributed by atoms with van der Waals surface area (Å²) in [6.07, 6.45) is 0.564. The fourth-order valence-corrected chi connectivity index (χ4v) is 2.71. The standard InChI is InChI=1S/C17H16ClNO3/c1-10-2-4-14(15(20)6-10)19-17(21)12-7-11-8-13(18)3-5-16(11)22-9-12/h2-6,8,12,20H,7,9H2,1H3,(H,19,21)/t12-/m1/s1. The van der Waals surface area contributed by atoms with Crippen LogP contribution in [0.3, 0.4) is 0 Å². The van der Waals surface area contributed by atoms with E-state index >= 15 is 0 Å². The number of hydrogen-bond acceptors (Lipinski definition) is 3. The molecule has 3 rings (SSSR count). The van der Waals surface area contributed by atoms with Crippen molar-refractivity contribution in [3.8, 4) is 11.5 Å². The fourth-order valence-electron chi connectivity index (χ4n) is 2.51. The van der Waals surface area contributed by atoms with E-state index in [1.54, 1.807) is 18.2 Å². The molecule has 1 aliphatic rings. The van der Waals surface area contributed by atoms with E-state index in [-0.39, 0.29) is 17.6 Å². The Morgan fingerprint density at radius 2 is 2.14 bits per heavy atom. The lowest BCUT2D eigenvalue weighted by Crippen LogP contribution is -2.32. The molecule has 0 saturated heterocycles. The molecule has 2 aromatic carbocycles. The predicted octanol–water partition coefficient (Wildman–Crippen LogP) is 3.54. The summed E-state index contributed by atoms with van der Waals surface area (Å²) < 4.78 is 5.62. The third kappa shape index (κ3) is 3.02. The van der Waals surface area contributed by atoms with Crippen LogP contribution >= 0.6 is 11.6 Å². The molecule has 1 amide bonds. The number of amides is 1. The SMILES string of the molecule is Cc1ccc(NC(=O)[C@H]2COc3ccc(Cl)cc3C2)c(O)c1. The summed E-state index contributed by atoms with van der Waals surface area (Å²) in [4.78, 5) is 12.4. The number of fused-ring (bicyclic) bond motifs is 1. The molecule has 5 heteroatoms. The molecule has 0 radical (unpaired) electrons. The summed E-state index contributed by atoms with van der Waals surface area (Å²) in [7, 11) is 0. The second kappa shape index (κ2) is 5.89. The molecule has 22 heavy (non-hydrogen) atoms. The molecule has 0 fully saturated rings. The van der Waals surface area contributed by atoms with Gasteiger partial charge in [0.25, 0.3) is 0 Å². The number of ether oxygens (including phenoxy) is 1. The molecule has 2 aromatic rings. The summed E-state index contributed by atoms with van der Waals surface area (Å²) in [5.74, 6) is 0.344. The zero-order valence-electron chi connectivity index (χ0n) is 12.1. The lowest BCUT2D eigenvalue weighted by molar-refractivity contribution is -0.121. The van der Waals surface area contributed by atoms with Gasteiger partial charge in [0, 0.05) is 5.02 Å². The van der Waals surface area contributed by atoms with Gasteiger partial charge in [-0.15, -0.1) is 0 Å². The van der Waals surface area contributed by atoms with Crippen molar-refractivity contribution in [2.24, 2.45) is 5.92 Å². The van der Waals surface area contributed by atoms with Crippen LogP contribution in [0.1, 0.15) is 11.1 Å². The van der Waals surface area contributed by atoms with Crippen LogP contribution in [0, 0.1) is 12.8 Å². The van der Waals surface area contributed by atoms with Crippen LogP contribution in [-0.4, -0.2) is 17.6 Å². The Bertz CT molecular complexity index is 730. The third-order valence-corrected chi connectivity index (χ3v) is 3.95. The normalized spacial score (nSPS) is 16.5. The first-order valence-corrected chi connectivity index (χ1v) is 7.42. The molecule has 2 N–H and O–H groups in total. The lowest BCUT2D eigenvalue weighted by atomic mass is 9.96. The maximum Gasteiger partial charge on any atom is 0.231 e. The number of phenols is 1. The van der Waals surface area contributed by atoms with Gasteiger partial charge in [-0.25, -0.2) is 0 Å². The highest BCUT2D eigenvalue weighted by atomic mass is 35.5. The van der Waals surface area contributed by atoms with Gasteiger partial charge in [-0.2, -0.15) is 0 Å². The molecule has 4 nitrogen and oxygen atoms in total. The van der Waals surface area contributed by atoms with E-state index in [0.717, 1.165) is 16.9 Å². The van der Waals surface area contributed by atoms with Crippen LogP contribution < -0.4 is 10.1 Å². The van der Waals surface area contributed by atoms with Crippen LogP contribution in [0.25, 0.3) is 0 Å². The van der Waals surface area contributed by atoms with Gasteiger partial charge >= 0.3 is 0 Å². The summed E-state index contributed by atoms with van der Waals surface area (Å²) >= 11 is 5.98. The van der Waals surface area contributed by atoms with Crippen molar-refractivity contribution in [2.45, 2.75) is 13.3 Å². The number of carbonyl (C=O) groups excluding carboxylic acids is 1. The third-order valence-electron chi connectivity index (χ3n) is 3.71. The highest BCUT2D eigenvalue weighted by molar-refractivity contribution is 6.30. The van der Waals surface area contributed by atoms with Crippen molar-refractivity contribution >= 4 is 23.2 Å². The van der Waals surface area contributed by atoms with Gasteiger partial charge in [-0.05, 0) is 54.8 Å². The van der Waals surface area contributed by atoms with E-state index in [1.165, 1.54) is 0 Å². The quantitative estimate of drug-likeness (QED) is 0.833. The van der Waals surface area contributed by atoms with E-state index in [1.807, 2.05) is 25.1 Å². The topological polar surface area (TPSA) is 58.6 Å². The van der Waals surface area contributed by atoms with Gasteiger partial charge in [0.15, 0.2) is 0 Å². The molecule has 1 atom stereocenters. The van der Waals surface area contributed by atoms with E-state index in [0.29, 0.717) is 23.7 Å². The summed E-state index contributed by atoms with van der Waals surface area (Å²) in [5.41, 5.74) is 2.26. The Morgan fingerprint density at radius 3 is 2.91 bits per heavy atom. The molecule has 0 aromatic heterocycles. The minimum Gasteiger partial charge on any atom is -0.506 e. The van der Waals surface area contributed by atoms with Gasteiger partial charge < -0.3 is 15.2 Å². The molecule has 0 bridgehead atoms. The van der Waals surface area contributed by atoms with E-state index in [2.05, 4.69) is 5.32 Å². The van der Waals surface area contributed by atoms with Crippen molar-refractivity contribution < 1.29 is 14.6 Å². The monoisotopic (exact) mass is 317 g/mol. The number of phenolic OH excluding ortho intramolecular Hbond substituents is 1. The van der Waals surface area contributed by atoms with Crippen molar-refractivity contribution in [1.82, 2.24) is 0 Å². The molecule has 0 saturated carbocycles. The number of anilines is 1. The first-order valence-electron chi connectivity index (χ1n) is 7.04. The molecule has 0 spiro atoms. The number of rotatable bonds is 2. The largest absolute Gasteiger partial charge is 0.506 e. The smallest absolute Gasteiger partial charge is 0.231 e. The lowest BCUT2D eigenvalue weighted by Gasteiger charge is -2.24. The minimum absolute atomic E-state index is 0.0634. The van der Waals surface area contributed by atoms with E-state index < -0.39 is 0 Å². The highest BCUT2D eigenvalue weighted by Crippen LogP contribution is 2.31. The van der Waals surface area contributed by atoms with E-state index in [4.69, 9.17) is 16.3 Å². The first kappa shape index (κ1) is 14.7. The van der Waals surface area contributed by atoms with Crippen LogP contribution in [-0.2, 0) is 11.2 Å². The summed E-state index contributed by atoms with van der Waals surface area (Å²) in [5, 5.41) is 13.2. The van der Waals surface area contributed by atoms with Gasteiger partial charge in [0.05, 0.1) is 11.6 Å². The average Bonchev–Trinajstić information content (AvgIpc) is 2.49. The zero-order chi connectivity index (χ0) is 15.7. The van der Waals surface area contributed by atoms with Gasteiger partial charge in [0.2, 0.25) is 5.91 Å². The molecule has 114 valence electrons. The maximum absolute atomic E-state index is 12.4. The number of halogens is 1. The number of nitrogens with one attached hydrogen (secondary N) is 1. The van der Waals surface area contributed by atoms with Gasteiger partial charge in [-0.3, -0.25) is 4.79 Å². The van der Waals surface area contributed by atoms with Crippen molar-refractivity contribution in [3.63, 3.8) is 0 Å². The first-order chi connectivity index (χ1) is 10.5. The summed E-state index contributed by atoms with van der Waals surface area (Å²) in [6.45, 7) is 2.19. The Morgan fingerprint density at radius 1 is 1.32 bits per heavy atom.